The van der Waals surface area contributed by atoms with Gasteiger partial charge in [0, 0.05) is 49.2 Å². The first-order chi connectivity index (χ1) is 11.0. The van der Waals surface area contributed by atoms with Gasteiger partial charge in [-0.1, -0.05) is 0 Å². The second-order valence-corrected chi connectivity index (χ2v) is 9.24. The van der Waals surface area contributed by atoms with Crippen LogP contribution >= 0.6 is 0 Å². The maximum atomic E-state index is 3.75. The van der Waals surface area contributed by atoms with Gasteiger partial charge in [0.1, 0.15) is 0 Å². The van der Waals surface area contributed by atoms with Crippen LogP contribution in [0.1, 0.15) is 46.5 Å². The van der Waals surface area contributed by atoms with Gasteiger partial charge in [-0.3, -0.25) is 9.80 Å². The number of hydrogen-bond donors (Lipinski definition) is 2. The standard InChI is InChI=1S/C19H36N4/c1-15(2)23-8-4-5-19(23)12-21-10-17(19)9-16(3)22-13-18(14-22)6-7-20-11-18/h15-17,20-21H,4-14H2,1-3H3. The van der Waals surface area contributed by atoms with Crippen LogP contribution in [0.25, 0.3) is 0 Å². The Bertz CT molecular complexity index is 419. The number of nitrogens with zero attached hydrogens (tertiary/aromatic N) is 2. The molecular formula is C19H36N4. The lowest BCUT2D eigenvalue weighted by atomic mass is 9.75. The third-order valence-electron chi connectivity index (χ3n) is 7.44. The number of hydrogen-bond acceptors (Lipinski definition) is 4. The molecule has 0 saturated carbocycles. The van der Waals surface area contributed by atoms with Gasteiger partial charge in [0.05, 0.1) is 0 Å². The van der Waals surface area contributed by atoms with E-state index in [4.69, 9.17) is 0 Å². The summed E-state index contributed by atoms with van der Waals surface area (Å²) in [5, 5.41) is 7.31. The topological polar surface area (TPSA) is 30.5 Å². The largest absolute Gasteiger partial charge is 0.316 e. The highest BCUT2D eigenvalue weighted by Gasteiger charge is 2.52. The molecule has 4 fully saturated rings. The van der Waals surface area contributed by atoms with Crippen molar-refractivity contribution in [2.24, 2.45) is 11.3 Å². The molecule has 2 N–H and O–H groups in total. The predicted molar refractivity (Wildman–Crippen MR) is 95.7 cm³/mol. The number of rotatable bonds is 4. The summed E-state index contributed by atoms with van der Waals surface area (Å²) in [5.74, 6) is 0.834. The molecule has 4 heteroatoms. The SMILES string of the molecule is CC(CC1CNCC12CCCN2C(C)C)N1CC2(CCNC2)C1. The lowest BCUT2D eigenvalue weighted by Gasteiger charge is -2.52. The molecule has 132 valence electrons. The Balaban J connectivity index is 1.38. The molecular weight excluding hydrogens is 284 g/mol. The zero-order valence-electron chi connectivity index (χ0n) is 15.4. The van der Waals surface area contributed by atoms with E-state index in [1.807, 2.05) is 0 Å². The third kappa shape index (κ3) is 2.66. The summed E-state index contributed by atoms with van der Waals surface area (Å²) in [5.41, 5.74) is 1.09. The molecule has 0 aliphatic carbocycles. The maximum absolute atomic E-state index is 3.75. The van der Waals surface area contributed by atoms with Gasteiger partial charge >= 0.3 is 0 Å². The fourth-order valence-electron chi connectivity index (χ4n) is 6.18. The molecule has 23 heavy (non-hydrogen) atoms. The molecule has 4 heterocycles. The van der Waals surface area contributed by atoms with E-state index in [2.05, 4.69) is 41.2 Å². The van der Waals surface area contributed by atoms with Crippen molar-refractivity contribution in [3.63, 3.8) is 0 Å². The second kappa shape index (κ2) is 5.98. The molecule has 4 nitrogen and oxygen atoms in total. The Morgan fingerprint density at radius 3 is 2.61 bits per heavy atom. The van der Waals surface area contributed by atoms with Gasteiger partial charge in [-0.05, 0) is 72.0 Å². The van der Waals surface area contributed by atoms with E-state index in [1.165, 1.54) is 71.5 Å². The summed E-state index contributed by atoms with van der Waals surface area (Å²) >= 11 is 0. The van der Waals surface area contributed by atoms with Crippen molar-refractivity contribution in [3.05, 3.63) is 0 Å². The van der Waals surface area contributed by atoms with E-state index in [1.54, 1.807) is 0 Å². The summed E-state index contributed by atoms with van der Waals surface area (Å²) in [7, 11) is 0. The Kier molecular flexibility index (Phi) is 4.24. The highest BCUT2D eigenvalue weighted by Crippen LogP contribution is 2.44. The highest BCUT2D eigenvalue weighted by molar-refractivity contribution is 5.09. The van der Waals surface area contributed by atoms with E-state index in [0.29, 0.717) is 17.0 Å². The minimum Gasteiger partial charge on any atom is -0.316 e. The van der Waals surface area contributed by atoms with Crippen LogP contribution in [0.15, 0.2) is 0 Å². The quantitative estimate of drug-likeness (QED) is 0.822. The average Bonchev–Trinajstić information content (AvgIpc) is 3.19. The van der Waals surface area contributed by atoms with Gasteiger partial charge in [0.25, 0.3) is 0 Å². The van der Waals surface area contributed by atoms with Crippen LogP contribution in [-0.2, 0) is 0 Å². The van der Waals surface area contributed by atoms with Crippen molar-refractivity contribution >= 4 is 0 Å². The molecule has 0 aromatic heterocycles. The first kappa shape index (κ1) is 16.3. The van der Waals surface area contributed by atoms with E-state index in [0.717, 1.165) is 12.0 Å². The Morgan fingerprint density at radius 2 is 1.91 bits per heavy atom. The van der Waals surface area contributed by atoms with Gasteiger partial charge in [-0.15, -0.1) is 0 Å². The minimum absolute atomic E-state index is 0.458. The average molecular weight is 321 g/mol. The van der Waals surface area contributed by atoms with Crippen LogP contribution in [0.4, 0.5) is 0 Å². The first-order valence-electron chi connectivity index (χ1n) is 9.97. The normalized spacial score (nSPS) is 38.9. The third-order valence-corrected chi connectivity index (χ3v) is 7.44. The smallest absolute Gasteiger partial charge is 0.0377 e. The summed E-state index contributed by atoms with van der Waals surface area (Å²) < 4.78 is 0. The molecule has 0 aromatic carbocycles. The molecule has 0 bridgehead atoms. The predicted octanol–water partition coefficient (Wildman–Crippen LogP) is 1.52. The monoisotopic (exact) mass is 320 g/mol. The summed E-state index contributed by atoms with van der Waals surface area (Å²) in [6, 6.07) is 1.43. The Morgan fingerprint density at radius 1 is 1.09 bits per heavy atom. The van der Waals surface area contributed by atoms with Gasteiger partial charge in [0.15, 0.2) is 0 Å². The van der Waals surface area contributed by atoms with Crippen LogP contribution in [0, 0.1) is 11.3 Å². The van der Waals surface area contributed by atoms with Gasteiger partial charge in [0.2, 0.25) is 0 Å². The van der Waals surface area contributed by atoms with Crippen molar-refractivity contribution in [2.75, 3.05) is 45.8 Å². The lowest BCUT2D eigenvalue weighted by molar-refractivity contribution is -0.0270. The van der Waals surface area contributed by atoms with Crippen LogP contribution in [0.2, 0.25) is 0 Å². The molecule has 4 saturated heterocycles. The van der Waals surface area contributed by atoms with Crippen molar-refractivity contribution in [3.8, 4) is 0 Å². The zero-order chi connectivity index (χ0) is 16.1. The first-order valence-corrected chi connectivity index (χ1v) is 9.97. The van der Waals surface area contributed by atoms with E-state index in [-0.39, 0.29) is 0 Å². The highest BCUT2D eigenvalue weighted by atomic mass is 15.3. The number of likely N-dealkylation sites (tertiary alicyclic amines) is 2. The van der Waals surface area contributed by atoms with Gasteiger partial charge < -0.3 is 10.6 Å². The summed E-state index contributed by atoms with van der Waals surface area (Å²) in [6.07, 6.45) is 5.57. The molecule has 4 aliphatic rings. The summed E-state index contributed by atoms with van der Waals surface area (Å²) in [4.78, 5) is 5.58. The maximum Gasteiger partial charge on any atom is 0.0377 e. The van der Waals surface area contributed by atoms with E-state index < -0.39 is 0 Å². The molecule has 4 rings (SSSR count). The van der Waals surface area contributed by atoms with Crippen LogP contribution in [0.3, 0.4) is 0 Å². The molecule has 0 amide bonds. The zero-order valence-corrected chi connectivity index (χ0v) is 15.4. The fourth-order valence-corrected chi connectivity index (χ4v) is 6.18. The van der Waals surface area contributed by atoms with Crippen LogP contribution in [-0.4, -0.2) is 73.2 Å². The van der Waals surface area contributed by atoms with Crippen LogP contribution < -0.4 is 10.6 Å². The van der Waals surface area contributed by atoms with Gasteiger partial charge in [-0.2, -0.15) is 0 Å². The molecule has 0 radical (unpaired) electrons. The fraction of sp³-hybridized carbons (Fsp3) is 1.00. The molecule has 2 spiro atoms. The van der Waals surface area contributed by atoms with E-state index in [9.17, 15) is 0 Å². The van der Waals surface area contributed by atoms with Crippen molar-refractivity contribution < 1.29 is 0 Å². The molecule has 0 aromatic rings. The number of nitrogens with one attached hydrogen (secondary N) is 2. The lowest BCUT2D eigenvalue weighted by Crippen LogP contribution is -2.61. The minimum atomic E-state index is 0.458. The molecule has 4 aliphatic heterocycles. The Labute approximate surface area is 142 Å². The second-order valence-electron chi connectivity index (χ2n) is 9.24. The van der Waals surface area contributed by atoms with E-state index >= 15 is 0 Å². The Hall–Kier alpha value is -0.160. The van der Waals surface area contributed by atoms with Gasteiger partial charge in [-0.25, -0.2) is 0 Å². The van der Waals surface area contributed by atoms with Crippen molar-refractivity contribution in [2.45, 2.75) is 64.1 Å². The van der Waals surface area contributed by atoms with Crippen LogP contribution in [0.5, 0.6) is 0 Å². The summed E-state index contributed by atoms with van der Waals surface area (Å²) in [6.45, 7) is 16.2. The molecule has 3 unspecified atom stereocenters. The van der Waals surface area contributed by atoms with Crippen molar-refractivity contribution in [1.82, 2.24) is 20.4 Å². The molecule has 3 atom stereocenters. The van der Waals surface area contributed by atoms with Crippen molar-refractivity contribution in [1.29, 1.82) is 0 Å².